The van der Waals surface area contributed by atoms with Gasteiger partial charge in [0.15, 0.2) is 0 Å². The van der Waals surface area contributed by atoms with Crippen molar-refractivity contribution < 1.29 is 42.9 Å². The monoisotopic (exact) mass is 797 g/mol. The van der Waals surface area contributed by atoms with Gasteiger partial charge in [0.2, 0.25) is 5.91 Å². The van der Waals surface area contributed by atoms with Crippen molar-refractivity contribution in [3.63, 3.8) is 0 Å². The molecule has 5 rings (SSSR count). The van der Waals surface area contributed by atoms with Crippen molar-refractivity contribution in [1.29, 1.82) is 0 Å². The quantitative estimate of drug-likeness (QED) is 0.0926. The molecule has 3 amide bonds. The van der Waals surface area contributed by atoms with Gasteiger partial charge in [-0.25, -0.2) is 14.2 Å². The molecule has 14 heteroatoms. The van der Waals surface area contributed by atoms with E-state index in [1.165, 1.54) is 13.2 Å². The first-order chi connectivity index (χ1) is 27.7. The summed E-state index contributed by atoms with van der Waals surface area (Å²) in [6.45, 7) is 12.7. The molecule has 0 bridgehead atoms. The Morgan fingerprint density at radius 1 is 0.828 bits per heavy atom. The molecule has 310 valence electrons. The lowest BCUT2D eigenvalue weighted by molar-refractivity contribution is -0.132. The number of anilines is 2. The number of hydrogen-bond donors (Lipinski definition) is 2. The molecule has 1 aromatic heterocycles. The lowest BCUT2D eigenvalue weighted by Crippen LogP contribution is -2.47. The van der Waals surface area contributed by atoms with E-state index in [4.69, 9.17) is 18.9 Å². The van der Waals surface area contributed by atoms with Crippen LogP contribution in [0.2, 0.25) is 0 Å². The van der Waals surface area contributed by atoms with Crippen LogP contribution in [-0.2, 0) is 25.6 Å². The summed E-state index contributed by atoms with van der Waals surface area (Å²) in [5.74, 6) is -0.884. The highest BCUT2D eigenvalue weighted by Gasteiger charge is 2.28. The molecular weight excluding hydrogens is 743 g/mol. The van der Waals surface area contributed by atoms with Crippen LogP contribution in [-0.4, -0.2) is 103 Å². The Morgan fingerprint density at radius 3 is 2.26 bits per heavy atom. The van der Waals surface area contributed by atoms with Gasteiger partial charge in [0.1, 0.15) is 17.0 Å². The standard InChI is InChI=1S/C44H55N5O9/c1-8-56-42(53)37-27-33-32(13-12-14-36(33)49(37)43(54)58-44(3,4)5)41(52)45-34-19-17-30(26-31(34)28-55-7)40(51)46-35-18-16-29(2)25-38(35)57-24-11-9-10-15-39(50)48-22-20-47(6)21-23-48/h12-14,16-19,25-27H,8-11,15,20-24,28H2,1-7H3,(H,45,52)(H,46,51). The predicted molar refractivity (Wildman–Crippen MR) is 222 cm³/mol. The van der Waals surface area contributed by atoms with Gasteiger partial charge in [-0.15, -0.1) is 0 Å². The first-order valence-corrected chi connectivity index (χ1v) is 19.7. The number of aromatic nitrogens is 1. The minimum atomic E-state index is -0.847. The Morgan fingerprint density at radius 2 is 1.55 bits per heavy atom. The zero-order valence-corrected chi connectivity index (χ0v) is 34.6. The minimum absolute atomic E-state index is 0.0752. The molecule has 0 radical (unpaired) electrons. The van der Waals surface area contributed by atoms with Crippen molar-refractivity contribution in [3.8, 4) is 5.75 Å². The molecule has 58 heavy (non-hydrogen) atoms. The summed E-state index contributed by atoms with van der Waals surface area (Å²) in [5, 5.41) is 6.21. The zero-order valence-electron chi connectivity index (χ0n) is 34.6. The number of benzene rings is 3. The van der Waals surface area contributed by atoms with Crippen LogP contribution in [0.1, 0.15) is 95.7 Å². The van der Waals surface area contributed by atoms with Crippen LogP contribution < -0.4 is 15.4 Å². The van der Waals surface area contributed by atoms with Crippen molar-refractivity contribution in [1.82, 2.24) is 14.4 Å². The SMILES string of the molecule is CCOC(=O)c1cc2c(C(=O)Nc3ccc(C(=O)Nc4ccc(C)cc4OCCCCCC(=O)N4CCN(C)CC4)cc3COC)cccc2n1C(=O)OC(C)(C)C. The van der Waals surface area contributed by atoms with Crippen molar-refractivity contribution >= 4 is 52.1 Å². The molecule has 2 N–H and O–H groups in total. The number of esters is 1. The van der Waals surface area contributed by atoms with Crippen molar-refractivity contribution in [2.45, 2.75) is 72.5 Å². The van der Waals surface area contributed by atoms with Crippen molar-refractivity contribution in [2.24, 2.45) is 0 Å². The van der Waals surface area contributed by atoms with E-state index >= 15 is 0 Å². The van der Waals surface area contributed by atoms with Gasteiger partial charge >= 0.3 is 12.1 Å². The van der Waals surface area contributed by atoms with Crippen LogP contribution in [0.4, 0.5) is 16.2 Å². The highest BCUT2D eigenvalue weighted by Crippen LogP contribution is 2.30. The number of likely N-dealkylation sites (N-methyl/N-ethyl adjacent to an activating group) is 1. The van der Waals surface area contributed by atoms with E-state index in [1.807, 2.05) is 24.0 Å². The fraction of sp³-hybridized carbons (Fsp3) is 0.432. The van der Waals surface area contributed by atoms with E-state index in [1.54, 1.807) is 70.2 Å². The lowest BCUT2D eigenvalue weighted by Gasteiger charge is -2.32. The summed E-state index contributed by atoms with van der Waals surface area (Å²) in [7, 11) is 3.58. The van der Waals surface area contributed by atoms with E-state index in [0.717, 1.165) is 55.6 Å². The number of piperazine rings is 1. The highest BCUT2D eigenvalue weighted by molar-refractivity contribution is 6.15. The average molecular weight is 798 g/mol. The molecule has 0 saturated carbocycles. The Hall–Kier alpha value is -5.73. The third-order valence-electron chi connectivity index (χ3n) is 9.60. The Balaban J connectivity index is 1.26. The van der Waals surface area contributed by atoms with Crippen molar-refractivity contribution in [3.05, 3.63) is 88.6 Å². The maximum atomic E-state index is 13.9. The number of rotatable bonds is 15. The topological polar surface area (TPSA) is 158 Å². The van der Waals surface area contributed by atoms with Gasteiger partial charge in [0, 0.05) is 67.5 Å². The predicted octanol–water partition coefficient (Wildman–Crippen LogP) is 7.27. The van der Waals surface area contributed by atoms with Crippen LogP contribution in [0.5, 0.6) is 5.75 Å². The molecule has 1 aliphatic rings. The van der Waals surface area contributed by atoms with Gasteiger partial charge < -0.3 is 39.4 Å². The molecule has 3 aromatic carbocycles. The Kier molecular flexibility index (Phi) is 14.7. The molecule has 0 spiro atoms. The zero-order chi connectivity index (χ0) is 42.0. The summed E-state index contributed by atoms with van der Waals surface area (Å²) in [4.78, 5) is 70.5. The number of carbonyl (C=O) groups excluding carboxylic acids is 5. The number of ether oxygens (including phenoxy) is 4. The summed E-state index contributed by atoms with van der Waals surface area (Å²) in [6.07, 6.45) is 2.15. The fourth-order valence-electron chi connectivity index (χ4n) is 6.61. The fourth-order valence-corrected chi connectivity index (χ4v) is 6.61. The molecule has 14 nitrogen and oxygen atoms in total. The number of fused-ring (bicyclic) bond motifs is 1. The number of nitrogens with one attached hydrogen (secondary N) is 2. The van der Waals surface area contributed by atoms with Crippen LogP contribution in [0, 0.1) is 6.92 Å². The molecule has 0 atom stereocenters. The third kappa shape index (κ3) is 11.2. The average Bonchev–Trinajstić information content (AvgIpc) is 3.58. The summed E-state index contributed by atoms with van der Waals surface area (Å²) in [6, 6.07) is 16.7. The molecule has 0 aliphatic carbocycles. The number of unbranched alkanes of at least 4 members (excludes halogenated alkanes) is 2. The van der Waals surface area contributed by atoms with E-state index in [0.29, 0.717) is 52.2 Å². The van der Waals surface area contributed by atoms with Gasteiger partial charge in [-0.05, 0) is 115 Å². The molecule has 1 fully saturated rings. The molecule has 1 aliphatic heterocycles. The Bertz CT molecular complexity index is 2130. The third-order valence-corrected chi connectivity index (χ3v) is 9.60. The van der Waals surface area contributed by atoms with Gasteiger partial charge in [-0.3, -0.25) is 14.4 Å². The maximum Gasteiger partial charge on any atom is 0.419 e. The second-order valence-corrected chi connectivity index (χ2v) is 15.4. The summed E-state index contributed by atoms with van der Waals surface area (Å²) >= 11 is 0. The highest BCUT2D eigenvalue weighted by atomic mass is 16.6. The lowest BCUT2D eigenvalue weighted by atomic mass is 10.1. The molecule has 0 unspecified atom stereocenters. The van der Waals surface area contributed by atoms with Gasteiger partial charge in [0.25, 0.3) is 11.8 Å². The summed E-state index contributed by atoms with van der Waals surface area (Å²) < 4.78 is 23.5. The number of amides is 3. The smallest absolute Gasteiger partial charge is 0.419 e. The number of hydrogen-bond acceptors (Lipinski definition) is 10. The molecule has 4 aromatic rings. The van der Waals surface area contributed by atoms with E-state index in [2.05, 4.69) is 22.6 Å². The Labute approximate surface area is 339 Å². The van der Waals surface area contributed by atoms with E-state index in [9.17, 15) is 24.0 Å². The first-order valence-electron chi connectivity index (χ1n) is 19.7. The number of nitrogens with zero attached hydrogens (tertiary/aromatic N) is 3. The van der Waals surface area contributed by atoms with Crippen LogP contribution >= 0.6 is 0 Å². The van der Waals surface area contributed by atoms with Crippen LogP contribution in [0.15, 0.2) is 60.7 Å². The largest absolute Gasteiger partial charge is 0.491 e. The normalized spacial score (nSPS) is 13.3. The van der Waals surface area contributed by atoms with Gasteiger partial charge in [-0.1, -0.05) is 12.1 Å². The number of aryl methyl sites for hydroxylation is 1. The van der Waals surface area contributed by atoms with E-state index < -0.39 is 23.6 Å². The van der Waals surface area contributed by atoms with Crippen molar-refractivity contribution in [2.75, 3.05) is 64.2 Å². The van der Waals surface area contributed by atoms with Crippen LogP contribution in [0.25, 0.3) is 10.9 Å². The maximum absolute atomic E-state index is 13.9. The minimum Gasteiger partial charge on any atom is -0.491 e. The second-order valence-electron chi connectivity index (χ2n) is 15.4. The molecule has 1 saturated heterocycles. The molecule has 2 heterocycles. The number of methoxy groups -OCH3 is 1. The van der Waals surface area contributed by atoms with E-state index in [-0.39, 0.29) is 36.3 Å². The number of carbonyl (C=O) groups is 5. The summed E-state index contributed by atoms with van der Waals surface area (Å²) in [5.41, 5.74) is 2.33. The van der Waals surface area contributed by atoms with Gasteiger partial charge in [-0.2, -0.15) is 0 Å². The molecular formula is C44H55N5O9. The van der Waals surface area contributed by atoms with Gasteiger partial charge in [0.05, 0.1) is 31.0 Å². The van der Waals surface area contributed by atoms with Crippen LogP contribution in [0.3, 0.4) is 0 Å². The first kappa shape index (κ1) is 43.4. The second kappa shape index (κ2) is 19.6.